The fourth-order valence-corrected chi connectivity index (χ4v) is 4.39. The van der Waals surface area contributed by atoms with E-state index in [1.54, 1.807) is 11.8 Å². The molecule has 6 nitrogen and oxygen atoms in total. The SMILES string of the molecule is CSc1ccc2c(c1)C(NCCN)Cc1ccccc1S2.O=C(O)/C=C\C(=O)O. The van der Waals surface area contributed by atoms with Crippen molar-refractivity contribution in [2.24, 2.45) is 5.73 Å². The van der Waals surface area contributed by atoms with Crippen LogP contribution < -0.4 is 11.1 Å². The van der Waals surface area contributed by atoms with Crippen LogP contribution in [0.2, 0.25) is 0 Å². The van der Waals surface area contributed by atoms with Crippen LogP contribution in [0.15, 0.2) is 69.3 Å². The van der Waals surface area contributed by atoms with Gasteiger partial charge in [-0.3, -0.25) is 0 Å². The molecule has 0 aromatic heterocycles. The van der Waals surface area contributed by atoms with E-state index in [9.17, 15) is 9.59 Å². The van der Waals surface area contributed by atoms with Gasteiger partial charge in [-0.05, 0) is 48.1 Å². The summed E-state index contributed by atoms with van der Waals surface area (Å²) in [6.07, 6.45) is 4.27. The molecule has 2 aromatic carbocycles. The summed E-state index contributed by atoms with van der Waals surface area (Å²) in [6.45, 7) is 1.52. The van der Waals surface area contributed by atoms with Crippen molar-refractivity contribution in [3.8, 4) is 0 Å². The molecule has 0 amide bonds. The Morgan fingerprint density at radius 2 is 1.86 bits per heavy atom. The molecule has 0 saturated heterocycles. The van der Waals surface area contributed by atoms with Crippen LogP contribution in [0.4, 0.5) is 0 Å². The van der Waals surface area contributed by atoms with Crippen LogP contribution >= 0.6 is 23.5 Å². The molecule has 3 rings (SSSR count). The number of carboxylic acids is 2. The lowest BCUT2D eigenvalue weighted by Gasteiger charge is -2.19. The predicted octanol–water partition coefficient (Wildman–Crippen LogP) is 3.42. The van der Waals surface area contributed by atoms with Gasteiger partial charge in [-0.25, -0.2) is 9.59 Å². The lowest BCUT2D eigenvalue weighted by molar-refractivity contribution is -0.134. The first-order valence-electron chi connectivity index (χ1n) is 8.95. The van der Waals surface area contributed by atoms with Crippen molar-refractivity contribution in [3.63, 3.8) is 0 Å². The number of nitrogens with two attached hydrogens (primary N) is 1. The Kier molecular flexibility index (Phi) is 9.27. The van der Waals surface area contributed by atoms with E-state index in [4.69, 9.17) is 15.9 Å². The number of hydrogen-bond donors (Lipinski definition) is 4. The van der Waals surface area contributed by atoms with Gasteiger partial charge in [-0.2, -0.15) is 0 Å². The summed E-state index contributed by atoms with van der Waals surface area (Å²) in [5.41, 5.74) is 8.50. The summed E-state index contributed by atoms with van der Waals surface area (Å²) in [6, 6.07) is 15.8. The Balaban J connectivity index is 0.000000321. The van der Waals surface area contributed by atoms with Gasteiger partial charge in [0.15, 0.2) is 0 Å². The van der Waals surface area contributed by atoms with Crippen LogP contribution in [0.3, 0.4) is 0 Å². The highest BCUT2D eigenvalue weighted by molar-refractivity contribution is 7.99. The first kappa shape index (κ1) is 23.0. The van der Waals surface area contributed by atoms with E-state index in [0.717, 1.165) is 13.0 Å². The highest BCUT2D eigenvalue weighted by atomic mass is 32.2. The van der Waals surface area contributed by atoms with Crippen molar-refractivity contribution >= 4 is 35.5 Å². The van der Waals surface area contributed by atoms with Crippen molar-refractivity contribution in [3.05, 3.63) is 65.7 Å². The molecule has 1 atom stereocenters. The summed E-state index contributed by atoms with van der Waals surface area (Å²) in [7, 11) is 0. The maximum absolute atomic E-state index is 9.55. The van der Waals surface area contributed by atoms with E-state index in [-0.39, 0.29) is 0 Å². The third-order valence-corrected chi connectivity index (χ3v) is 6.05. The maximum atomic E-state index is 9.55. The molecule has 0 saturated carbocycles. The van der Waals surface area contributed by atoms with E-state index >= 15 is 0 Å². The molecule has 2 aromatic rings. The Bertz CT molecular complexity index is 871. The summed E-state index contributed by atoms with van der Waals surface area (Å²) in [4.78, 5) is 23.1. The second-order valence-electron chi connectivity index (χ2n) is 6.12. The van der Waals surface area contributed by atoms with E-state index in [1.165, 1.54) is 25.8 Å². The molecule has 1 aliphatic rings. The van der Waals surface area contributed by atoms with Crippen molar-refractivity contribution in [1.82, 2.24) is 5.32 Å². The summed E-state index contributed by atoms with van der Waals surface area (Å²) in [5.74, 6) is -2.51. The van der Waals surface area contributed by atoms with Gasteiger partial charge in [0, 0.05) is 46.0 Å². The quantitative estimate of drug-likeness (QED) is 0.406. The van der Waals surface area contributed by atoms with Gasteiger partial charge in [-0.15, -0.1) is 11.8 Å². The molecule has 0 radical (unpaired) electrons. The number of thioether (sulfide) groups is 1. The molecule has 154 valence electrons. The Labute approximate surface area is 178 Å². The highest BCUT2D eigenvalue weighted by Gasteiger charge is 2.22. The van der Waals surface area contributed by atoms with Gasteiger partial charge < -0.3 is 21.3 Å². The van der Waals surface area contributed by atoms with E-state index in [2.05, 4.69) is 54.0 Å². The second kappa shape index (κ2) is 11.7. The van der Waals surface area contributed by atoms with Gasteiger partial charge in [0.05, 0.1) is 0 Å². The van der Waals surface area contributed by atoms with Crippen LogP contribution in [-0.2, 0) is 16.0 Å². The van der Waals surface area contributed by atoms with Crippen molar-refractivity contribution in [1.29, 1.82) is 0 Å². The number of hydrogen-bond acceptors (Lipinski definition) is 6. The minimum absolute atomic E-state index is 0.340. The molecule has 0 spiro atoms. The van der Waals surface area contributed by atoms with Crippen LogP contribution in [0.25, 0.3) is 0 Å². The molecule has 1 unspecified atom stereocenters. The Hall–Kier alpha value is -2.26. The molecule has 0 bridgehead atoms. The minimum Gasteiger partial charge on any atom is -0.478 e. The zero-order valence-corrected chi connectivity index (χ0v) is 17.6. The molecule has 1 heterocycles. The van der Waals surface area contributed by atoms with Crippen molar-refractivity contribution < 1.29 is 19.8 Å². The number of carboxylic acid groups (broad SMARTS) is 2. The Morgan fingerprint density at radius 3 is 2.48 bits per heavy atom. The molecular weight excluding hydrogens is 408 g/mol. The number of aliphatic carboxylic acids is 2. The zero-order valence-electron chi connectivity index (χ0n) is 16.0. The number of carbonyl (C=O) groups is 2. The summed E-state index contributed by atoms with van der Waals surface area (Å²) in [5, 5.41) is 19.2. The smallest absolute Gasteiger partial charge is 0.328 e. The highest BCUT2D eigenvalue weighted by Crippen LogP contribution is 2.41. The monoisotopic (exact) mass is 432 g/mol. The van der Waals surface area contributed by atoms with E-state index in [1.807, 2.05) is 11.8 Å². The largest absolute Gasteiger partial charge is 0.478 e. The van der Waals surface area contributed by atoms with Gasteiger partial charge in [0.25, 0.3) is 0 Å². The van der Waals surface area contributed by atoms with Gasteiger partial charge in [0.2, 0.25) is 0 Å². The van der Waals surface area contributed by atoms with Gasteiger partial charge in [-0.1, -0.05) is 30.0 Å². The third-order valence-electron chi connectivity index (χ3n) is 4.11. The molecule has 0 aliphatic carbocycles. The number of fused-ring (bicyclic) bond motifs is 2. The second-order valence-corrected chi connectivity index (χ2v) is 8.09. The van der Waals surface area contributed by atoms with E-state index < -0.39 is 11.9 Å². The van der Waals surface area contributed by atoms with Gasteiger partial charge in [0.1, 0.15) is 0 Å². The molecule has 8 heteroatoms. The first-order valence-corrected chi connectivity index (χ1v) is 11.0. The number of rotatable bonds is 6. The molecular formula is C21H24N2O4S2. The fraction of sp³-hybridized carbons (Fsp3) is 0.238. The van der Waals surface area contributed by atoms with Crippen LogP contribution in [0, 0.1) is 0 Å². The standard InChI is InChI=1S/C17H20N2S2.C4H4O4/c1-20-13-6-7-17-14(11-13)15(19-9-8-18)10-12-4-2-3-5-16(12)21-17;5-3(6)1-2-4(7)8/h2-7,11,15,19H,8-10,18H2,1H3;1-2H,(H,5,6)(H,7,8)/b;2-1-. The average Bonchev–Trinajstić information content (AvgIpc) is 2.87. The van der Waals surface area contributed by atoms with Crippen LogP contribution in [-0.4, -0.2) is 41.5 Å². The van der Waals surface area contributed by atoms with Crippen LogP contribution in [0.5, 0.6) is 0 Å². The summed E-state index contributed by atoms with van der Waals surface area (Å²) < 4.78 is 0. The molecule has 29 heavy (non-hydrogen) atoms. The average molecular weight is 433 g/mol. The van der Waals surface area contributed by atoms with Crippen LogP contribution in [0.1, 0.15) is 17.2 Å². The maximum Gasteiger partial charge on any atom is 0.328 e. The number of benzene rings is 2. The molecule has 0 fully saturated rings. The topological polar surface area (TPSA) is 113 Å². The lowest BCUT2D eigenvalue weighted by Crippen LogP contribution is -2.28. The fourth-order valence-electron chi connectivity index (χ4n) is 2.82. The lowest BCUT2D eigenvalue weighted by atomic mass is 9.99. The normalized spacial score (nSPS) is 14.9. The van der Waals surface area contributed by atoms with Crippen molar-refractivity contribution in [2.45, 2.75) is 27.1 Å². The molecule has 1 aliphatic heterocycles. The van der Waals surface area contributed by atoms with Crippen molar-refractivity contribution in [2.75, 3.05) is 19.3 Å². The third kappa shape index (κ3) is 7.25. The van der Waals surface area contributed by atoms with Gasteiger partial charge >= 0.3 is 11.9 Å². The van der Waals surface area contributed by atoms with E-state index in [0.29, 0.717) is 24.7 Å². The summed E-state index contributed by atoms with van der Waals surface area (Å²) >= 11 is 3.68. The first-order chi connectivity index (χ1) is 13.9. The number of nitrogens with one attached hydrogen (secondary N) is 1. The minimum atomic E-state index is -1.26. The Morgan fingerprint density at radius 1 is 1.17 bits per heavy atom. The zero-order chi connectivity index (χ0) is 21.2. The molecule has 5 N–H and O–H groups in total. The predicted molar refractivity (Wildman–Crippen MR) is 117 cm³/mol.